The molecule has 1 aliphatic carbocycles. The van der Waals surface area contributed by atoms with E-state index < -0.39 is 6.17 Å². The molecule has 28 heavy (non-hydrogen) atoms. The number of fused-ring (bicyclic) bond motifs is 3. The lowest BCUT2D eigenvalue weighted by atomic mass is 9.69. The largest absolute Gasteiger partial charge is 0.506 e. The molecule has 1 aliphatic heterocycles. The molecule has 0 saturated heterocycles. The summed E-state index contributed by atoms with van der Waals surface area (Å²) < 4.78 is 0.506. The van der Waals surface area contributed by atoms with Crippen LogP contribution in [-0.2, 0) is 12.8 Å². The Morgan fingerprint density at radius 1 is 1.36 bits per heavy atom. The van der Waals surface area contributed by atoms with E-state index in [1.54, 1.807) is 23.5 Å². The number of carbonyl (C=O) groups excluding carboxylic acids is 1. The highest BCUT2D eigenvalue weighted by Crippen LogP contribution is 2.47. The number of hydrogen-bond acceptors (Lipinski definition) is 4. The summed E-state index contributed by atoms with van der Waals surface area (Å²) in [7, 11) is 0. The van der Waals surface area contributed by atoms with Gasteiger partial charge in [-0.1, -0.05) is 38.8 Å². The van der Waals surface area contributed by atoms with Gasteiger partial charge < -0.3 is 15.7 Å². The van der Waals surface area contributed by atoms with E-state index in [9.17, 15) is 9.90 Å². The van der Waals surface area contributed by atoms with Gasteiger partial charge in [-0.3, -0.25) is 4.79 Å². The maximum atomic E-state index is 12.9. The number of amides is 1. The zero-order chi connectivity index (χ0) is 20.2. The van der Waals surface area contributed by atoms with Crippen LogP contribution in [0.4, 0.5) is 5.00 Å². The van der Waals surface area contributed by atoms with Gasteiger partial charge in [0.1, 0.15) is 16.9 Å². The Labute approximate surface area is 182 Å². The number of thiophene rings is 1. The molecule has 4 nitrogen and oxygen atoms in total. The first-order valence-corrected chi connectivity index (χ1v) is 11.6. The van der Waals surface area contributed by atoms with E-state index in [-0.39, 0.29) is 11.7 Å². The molecule has 0 radical (unpaired) electrons. The molecule has 0 spiro atoms. The number of phenolic OH excluding ortho intramolecular Hbond substituents is 1. The molecule has 2 unspecified atom stereocenters. The Hall–Kier alpha value is -1.24. The van der Waals surface area contributed by atoms with Gasteiger partial charge in [0.2, 0.25) is 0 Å². The molecule has 2 aliphatic rings. The summed E-state index contributed by atoms with van der Waals surface area (Å²) in [6.45, 7) is 6.94. The molecule has 0 bridgehead atoms. The molecule has 2 aromatic rings. The van der Waals surface area contributed by atoms with Crippen molar-refractivity contribution < 1.29 is 9.90 Å². The Morgan fingerprint density at radius 3 is 2.82 bits per heavy atom. The van der Waals surface area contributed by atoms with Gasteiger partial charge in [0.05, 0.1) is 10.0 Å². The first kappa shape index (κ1) is 20.0. The predicted molar refractivity (Wildman–Crippen MR) is 119 cm³/mol. The summed E-state index contributed by atoms with van der Waals surface area (Å²) in [5.41, 5.74) is 2.83. The quantitative estimate of drug-likeness (QED) is 0.482. The van der Waals surface area contributed by atoms with Gasteiger partial charge in [0, 0.05) is 15.5 Å². The number of benzene rings is 1. The number of anilines is 1. The fourth-order valence-corrected chi connectivity index (χ4v) is 6.40. The molecule has 0 saturated carbocycles. The van der Waals surface area contributed by atoms with Crippen molar-refractivity contribution in [3.63, 3.8) is 0 Å². The molecule has 2 atom stereocenters. The van der Waals surface area contributed by atoms with Crippen LogP contribution in [0.2, 0.25) is 5.02 Å². The van der Waals surface area contributed by atoms with Crippen LogP contribution in [0.3, 0.4) is 0 Å². The standard InChI is InChI=1S/C21H24BrClN2O2S/c1-4-21(2,3)10-5-6-12-15(7-10)28-20-16(12)19(27)24-18(25-20)13-8-11(23)9-14(22)17(13)26/h8-10,18,25-26H,4-7H2,1-3H3,(H,24,27). The first-order valence-electron chi connectivity index (χ1n) is 9.61. The van der Waals surface area contributed by atoms with Crippen LogP contribution in [0.25, 0.3) is 0 Å². The van der Waals surface area contributed by atoms with Crippen LogP contribution < -0.4 is 10.6 Å². The van der Waals surface area contributed by atoms with E-state index in [0.717, 1.165) is 36.2 Å². The highest BCUT2D eigenvalue weighted by atomic mass is 79.9. The fourth-order valence-electron chi connectivity index (χ4n) is 4.22. The van der Waals surface area contributed by atoms with Crippen LogP contribution >= 0.6 is 38.9 Å². The van der Waals surface area contributed by atoms with E-state index in [1.807, 2.05) is 0 Å². The second-order valence-electron chi connectivity index (χ2n) is 8.37. The van der Waals surface area contributed by atoms with Crippen molar-refractivity contribution in [2.24, 2.45) is 11.3 Å². The van der Waals surface area contributed by atoms with Gasteiger partial charge in [-0.2, -0.15) is 0 Å². The minimum atomic E-state index is -0.516. The lowest BCUT2D eigenvalue weighted by Gasteiger charge is -2.36. The van der Waals surface area contributed by atoms with Gasteiger partial charge in [-0.15, -0.1) is 11.3 Å². The Balaban J connectivity index is 1.67. The van der Waals surface area contributed by atoms with Crippen molar-refractivity contribution in [3.05, 3.63) is 43.2 Å². The zero-order valence-electron chi connectivity index (χ0n) is 16.2. The molecule has 3 N–H and O–H groups in total. The van der Waals surface area contributed by atoms with Crippen molar-refractivity contribution >= 4 is 49.8 Å². The van der Waals surface area contributed by atoms with E-state index in [0.29, 0.717) is 26.4 Å². The van der Waals surface area contributed by atoms with Gasteiger partial charge in [0.15, 0.2) is 0 Å². The number of phenols is 1. The third kappa shape index (κ3) is 3.33. The normalized spacial score (nSPS) is 21.5. The fraction of sp³-hybridized carbons (Fsp3) is 0.476. The van der Waals surface area contributed by atoms with Crippen molar-refractivity contribution in [1.29, 1.82) is 0 Å². The lowest BCUT2D eigenvalue weighted by Crippen LogP contribution is -2.38. The summed E-state index contributed by atoms with van der Waals surface area (Å²) in [6, 6.07) is 3.31. The third-order valence-electron chi connectivity index (χ3n) is 6.43. The van der Waals surface area contributed by atoms with Crippen molar-refractivity contribution in [2.45, 2.75) is 52.6 Å². The molecule has 1 aromatic carbocycles. The van der Waals surface area contributed by atoms with E-state index in [4.69, 9.17) is 11.6 Å². The molecule has 150 valence electrons. The number of rotatable bonds is 3. The highest BCUT2D eigenvalue weighted by Gasteiger charge is 2.37. The molecule has 1 aromatic heterocycles. The van der Waals surface area contributed by atoms with E-state index in [2.05, 4.69) is 47.3 Å². The average Bonchev–Trinajstić information content (AvgIpc) is 3.02. The first-order chi connectivity index (χ1) is 13.2. The second kappa shape index (κ2) is 7.22. The Morgan fingerprint density at radius 2 is 2.11 bits per heavy atom. The van der Waals surface area contributed by atoms with E-state index >= 15 is 0 Å². The van der Waals surface area contributed by atoms with Gasteiger partial charge in [0.25, 0.3) is 5.91 Å². The molecule has 0 fully saturated rings. The van der Waals surface area contributed by atoms with Crippen molar-refractivity contribution in [2.75, 3.05) is 5.32 Å². The maximum absolute atomic E-state index is 12.9. The van der Waals surface area contributed by atoms with Crippen LogP contribution in [-0.4, -0.2) is 11.0 Å². The summed E-state index contributed by atoms with van der Waals surface area (Å²) in [6.07, 6.45) is 3.74. The number of hydrogen-bond donors (Lipinski definition) is 3. The maximum Gasteiger partial charge on any atom is 0.256 e. The highest BCUT2D eigenvalue weighted by molar-refractivity contribution is 9.10. The predicted octanol–water partition coefficient (Wildman–Crippen LogP) is 6.26. The Bertz CT molecular complexity index is 956. The molecular formula is C21H24BrClN2O2S. The van der Waals surface area contributed by atoms with Crippen molar-refractivity contribution in [1.82, 2.24) is 5.32 Å². The number of aromatic hydroxyl groups is 1. The van der Waals surface area contributed by atoms with Gasteiger partial charge in [-0.05, 0) is 64.2 Å². The molecule has 4 rings (SSSR count). The lowest BCUT2D eigenvalue weighted by molar-refractivity contribution is 0.0934. The molecule has 1 amide bonds. The zero-order valence-corrected chi connectivity index (χ0v) is 19.3. The van der Waals surface area contributed by atoms with Crippen LogP contribution in [0, 0.1) is 11.3 Å². The molecule has 7 heteroatoms. The summed E-state index contributed by atoms with van der Waals surface area (Å²) >= 11 is 11.2. The average molecular weight is 484 g/mol. The number of halogens is 2. The van der Waals surface area contributed by atoms with Gasteiger partial charge >= 0.3 is 0 Å². The second-order valence-corrected chi connectivity index (χ2v) is 10.8. The third-order valence-corrected chi connectivity index (χ3v) is 8.44. The topological polar surface area (TPSA) is 61.4 Å². The molecular weight excluding hydrogens is 460 g/mol. The monoisotopic (exact) mass is 482 g/mol. The SMILES string of the molecule is CCC(C)(C)C1CCc2c(sc3c2C(=O)NC(c2cc(Cl)cc(Br)c2O)N3)C1. The number of carbonyl (C=O) groups is 1. The van der Waals surface area contributed by atoms with Crippen molar-refractivity contribution in [3.8, 4) is 5.75 Å². The summed E-state index contributed by atoms with van der Waals surface area (Å²) in [5.74, 6) is 0.633. The van der Waals surface area contributed by atoms with Crippen LogP contribution in [0.1, 0.15) is 66.1 Å². The summed E-state index contributed by atoms with van der Waals surface area (Å²) in [5, 5.41) is 18.2. The van der Waals surface area contributed by atoms with Crippen LogP contribution in [0.5, 0.6) is 5.75 Å². The minimum Gasteiger partial charge on any atom is -0.506 e. The smallest absolute Gasteiger partial charge is 0.256 e. The van der Waals surface area contributed by atoms with Crippen LogP contribution in [0.15, 0.2) is 16.6 Å². The summed E-state index contributed by atoms with van der Waals surface area (Å²) in [4.78, 5) is 14.3. The Kier molecular flexibility index (Phi) is 5.17. The van der Waals surface area contributed by atoms with E-state index in [1.165, 1.54) is 10.4 Å². The molecule has 2 heterocycles. The van der Waals surface area contributed by atoms with Gasteiger partial charge in [-0.25, -0.2) is 0 Å². The number of nitrogens with one attached hydrogen (secondary N) is 2. The minimum absolute atomic E-state index is 0.0803.